The van der Waals surface area contributed by atoms with Gasteiger partial charge in [0.25, 0.3) is 0 Å². The van der Waals surface area contributed by atoms with Crippen molar-refractivity contribution in [3.05, 3.63) is 52.0 Å². The zero-order chi connectivity index (χ0) is 14.9. The second-order valence-electron chi connectivity index (χ2n) is 4.66. The monoisotopic (exact) mass is 430 g/mol. The minimum Gasteiger partial charge on any atom is -0.356 e. The number of hydrogen-bond acceptors (Lipinski definition) is 3. The molecule has 0 aliphatic carbocycles. The van der Waals surface area contributed by atoms with Crippen LogP contribution in [0.4, 0.5) is 0 Å². The Hall–Kier alpha value is -1.15. The molecule has 1 heterocycles. The van der Waals surface area contributed by atoms with E-state index in [1.54, 1.807) is 18.4 Å². The van der Waals surface area contributed by atoms with E-state index in [1.165, 1.54) is 15.4 Å². The fourth-order valence-corrected chi connectivity index (χ4v) is 2.78. The summed E-state index contributed by atoms with van der Waals surface area (Å²) >= 11 is 1.79. The Bertz CT molecular complexity index is 569. The number of hydrogen-bond donors (Lipinski definition) is 2. The fourth-order valence-electron chi connectivity index (χ4n) is 1.92. The largest absolute Gasteiger partial charge is 0.356 e. The van der Waals surface area contributed by atoms with Gasteiger partial charge in [0, 0.05) is 37.6 Å². The van der Waals surface area contributed by atoms with E-state index in [4.69, 9.17) is 0 Å². The number of benzene rings is 1. The number of nitrogens with one attached hydrogen (secondary N) is 2. The van der Waals surface area contributed by atoms with Gasteiger partial charge in [-0.15, -0.1) is 35.3 Å². The first-order chi connectivity index (χ1) is 10.3. The molecule has 0 aliphatic heterocycles. The molecule has 0 amide bonds. The van der Waals surface area contributed by atoms with E-state index in [0.717, 1.165) is 31.9 Å². The summed E-state index contributed by atoms with van der Waals surface area (Å²) in [4.78, 5) is 10.00. The van der Waals surface area contributed by atoms with Gasteiger partial charge in [-0.3, -0.25) is 4.99 Å². The van der Waals surface area contributed by atoms with Crippen LogP contribution in [0.3, 0.4) is 0 Å². The molecule has 2 N–H and O–H groups in total. The molecule has 6 heteroatoms. The van der Waals surface area contributed by atoms with Crippen LogP contribution in [-0.4, -0.2) is 24.5 Å². The Morgan fingerprint density at radius 2 is 2.00 bits per heavy atom. The summed E-state index contributed by atoms with van der Waals surface area (Å²) in [6.07, 6.45) is 3.96. The highest BCUT2D eigenvalue weighted by atomic mass is 127. The summed E-state index contributed by atoms with van der Waals surface area (Å²) in [7, 11) is 1.79. The third-order valence-electron chi connectivity index (χ3n) is 3.11. The lowest BCUT2D eigenvalue weighted by atomic mass is 10.2. The minimum atomic E-state index is 0. The summed E-state index contributed by atoms with van der Waals surface area (Å²) in [6, 6.07) is 10.3. The maximum absolute atomic E-state index is 4.42. The van der Waals surface area contributed by atoms with Gasteiger partial charge in [0.15, 0.2) is 5.96 Å². The quantitative estimate of drug-likeness (QED) is 0.421. The van der Waals surface area contributed by atoms with Crippen LogP contribution in [0.2, 0.25) is 0 Å². The van der Waals surface area contributed by atoms with Crippen LogP contribution in [0.15, 0.2) is 41.5 Å². The van der Waals surface area contributed by atoms with Gasteiger partial charge in [0.2, 0.25) is 0 Å². The third kappa shape index (κ3) is 6.31. The lowest BCUT2D eigenvalue weighted by molar-refractivity contribution is 0.792. The van der Waals surface area contributed by atoms with Crippen LogP contribution in [0, 0.1) is 0 Å². The zero-order valence-corrected chi connectivity index (χ0v) is 16.2. The average Bonchev–Trinajstić information content (AvgIpc) is 2.99. The number of thiazole rings is 1. The van der Waals surface area contributed by atoms with E-state index < -0.39 is 0 Å². The topological polar surface area (TPSA) is 49.3 Å². The molecule has 2 rings (SSSR count). The van der Waals surface area contributed by atoms with Crippen LogP contribution in [0.5, 0.6) is 0 Å². The molecule has 0 fully saturated rings. The summed E-state index contributed by atoms with van der Waals surface area (Å²) in [5.74, 6) is 0.825. The molecular formula is C16H23IN4S. The molecule has 0 aliphatic rings. The van der Waals surface area contributed by atoms with Crippen LogP contribution >= 0.6 is 35.3 Å². The summed E-state index contributed by atoms with van der Waals surface area (Å²) < 4.78 is 0. The highest BCUT2D eigenvalue weighted by molar-refractivity contribution is 14.0. The van der Waals surface area contributed by atoms with E-state index >= 15 is 0 Å². The molecule has 0 radical (unpaired) electrons. The Kier molecular flexibility index (Phi) is 9.07. The van der Waals surface area contributed by atoms with Crippen LogP contribution < -0.4 is 10.6 Å². The van der Waals surface area contributed by atoms with Crippen molar-refractivity contribution in [1.82, 2.24) is 15.6 Å². The van der Waals surface area contributed by atoms with Gasteiger partial charge in [-0.1, -0.05) is 37.3 Å². The second-order valence-corrected chi connectivity index (χ2v) is 5.86. The number of aliphatic imine (C=N–C) groups is 1. The first kappa shape index (κ1) is 18.9. The number of guanidine groups is 1. The summed E-state index contributed by atoms with van der Waals surface area (Å²) in [5.41, 5.74) is 1.24. The summed E-state index contributed by atoms with van der Waals surface area (Å²) in [6.45, 7) is 3.77. The Labute approximate surface area is 153 Å². The van der Waals surface area contributed by atoms with E-state index in [-0.39, 0.29) is 24.0 Å². The van der Waals surface area contributed by atoms with E-state index in [0.29, 0.717) is 0 Å². The predicted molar refractivity (Wildman–Crippen MR) is 105 cm³/mol. The highest BCUT2D eigenvalue weighted by Crippen LogP contribution is 2.13. The smallest absolute Gasteiger partial charge is 0.191 e. The molecule has 1 aromatic carbocycles. The molecule has 120 valence electrons. The zero-order valence-electron chi connectivity index (χ0n) is 13.0. The highest BCUT2D eigenvalue weighted by Gasteiger charge is 2.02. The Morgan fingerprint density at radius 3 is 2.64 bits per heavy atom. The lowest BCUT2D eigenvalue weighted by Gasteiger charge is -2.11. The molecule has 22 heavy (non-hydrogen) atoms. The molecule has 2 aromatic rings. The van der Waals surface area contributed by atoms with E-state index in [2.05, 4.69) is 39.7 Å². The molecule has 4 nitrogen and oxygen atoms in total. The number of halogens is 1. The van der Waals surface area contributed by atoms with Gasteiger partial charge in [-0.25, -0.2) is 4.98 Å². The van der Waals surface area contributed by atoms with Crippen LogP contribution in [0.25, 0.3) is 0 Å². The van der Waals surface area contributed by atoms with E-state index in [1.807, 2.05) is 24.4 Å². The molecule has 0 saturated heterocycles. The van der Waals surface area contributed by atoms with Gasteiger partial charge >= 0.3 is 0 Å². The fraction of sp³-hybridized carbons (Fsp3) is 0.375. The van der Waals surface area contributed by atoms with Gasteiger partial charge in [0.1, 0.15) is 0 Å². The Morgan fingerprint density at radius 1 is 1.23 bits per heavy atom. The maximum Gasteiger partial charge on any atom is 0.191 e. The maximum atomic E-state index is 4.42. The van der Waals surface area contributed by atoms with Crippen molar-refractivity contribution in [2.24, 2.45) is 4.99 Å². The lowest BCUT2D eigenvalue weighted by Crippen LogP contribution is -2.37. The van der Waals surface area contributed by atoms with Crippen molar-refractivity contribution in [1.29, 1.82) is 0 Å². The molecule has 0 unspecified atom stereocenters. The van der Waals surface area contributed by atoms with Crippen molar-refractivity contribution in [2.45, 2.75) is 26.3 Å². The standard InChI is InChI=1S/C16H22N4S.HI/c1-3-14-12-19-15(21-14)9-10-18-16(17-2)20-11-13-7-5-4-6-8-13;/h4-8,12H,3,9-11H2,1-2H3,(H2,17,18,20);1H. The number of aromatic nitrogens is 1. The molecular weight excluding hydrogens is 407 g/mol. The first-order valence-electron chi connectivity index (χ1n) is 7.24. The van der Waals surface area contributed by atoms with Gasteiger partial charge in [-0.05, 0) is 12.0 Å². The normalized spacial score (nSPS) is 10.9. The van der Waals surface area contributed by atoms with Crippen LogP contribution in [0.1, 0.15) is 22.4 Å². The molecule has 0 atom stereocenters. The van der Waals surface area contributed by atoms with Gasteiger partial charge in [-0.2, -0.15) is 0 Å². The van der Waals surface area contributed by atoms with Gasteiger partial charge in [0.05, 0.1) is 5.01 Å². The average molecular weight is 430 g/mol. The minimum absolute atomic E-state index is 0. The van der Waals surface area contributed by atoms with E-state index in [9.17, 15) is 0 Å². The molecule has 1 aromatic heterocycles. The van der Waals surface area contributed by atoms with Crippen molar-refractivity contribution in [3.63, 3.8) is 0 Å². The Balaban J connectivity index is 0.00000242. The molecule has 0 spiro atoms. The SMILES string of the molecule is CCc1cnc(CCNC(=NC)NCc2ccccc2)s1.I. The predicted octanol–water partition coefficient (Wildman–Crippen LogP) is 3.23. The number of rotatable bonds is 6. The van der Waals surface area contributed by atoms with Crippen LogP contribution in [-0.2, 0) is 19.4 Å². The molecule has 0 bridgehead atoms. The number of nitrogens with zero attached hydrogens (tertiary/aromatic N) is 2. The van der Waals surface area contributed by atoms with Crippen molar-refractivity contribution < 1.29 is 0 Å². The third-order valence-corrected chi connectivity index (χ3v) is 4.31. The van der Waals surface area contributed by atoms with Crippen molar-refractivity contribution >= 4 is 41.3 Å². The number of aryl methyl sites for hydroxylation is 1. The first-order valence-corrected chi connectivity index (χ1v) is 8.05. The van der Waals surface area contributed by atoms with Crippen molar-refractivity contribution in [2.75, 3.05) is 13.6 Å². The van der Waals surface area contributed by atoms with Gasteiger partial charge < -0.3 is 10.6 Å². The molecule has 0 saturated carbocycles. The summed E-state index contributed by atoms with van der Waals surface area (Å²) in [5, 5.41) is 7.81. The second kappa shape index (κ2) is 10.6. The van der Waals surface area contributed by atoms with Crippen molar-refractivity contribution in [3.8, 4) is 0 Å².